The van der Waals surface area contributed by atoms with Crippen LogP contribution < -0.4 is 4.80 Å². The summed E-state index contributed by atoms with van der Waals surface area (Å²) < 4.78 is 2.23. The molecule has 0 aliphatic heterocycles. The lowest BCUT2D eigenvalue weighted by Crippen LogP contribution is -2.49. The summed E-state index contributed by atoms with van der Waals surface area (Å²) in [5, 5.41) is 0.743. The molecule has 4 bridgehead atoms. The number of nitrogens with zero attached hydrogens (tertiary/aromatic N) is 2. The van der Waals surface area contributed by atoms with E-state index in [0.717, 1.165) is 65.4 Å². The predicted octanol–water partition coefficient (Wildman–Crippen LogP) is 6.10. The zero-order valence-electron chi connectivity index (χ0n) is 17.3. The van der Waals surface area contributed by atoms with Gasteiger partial charge in [0.05, 0.1) is 11.1 Å². The molecule has 5 heteroatoms. The Labute approximate surface area is 181 Å². The number of amides is 1. The fourth-order valence-electron chi connectivity index (χ4n) is 6.58. The smallest absolute Gasteiger partial charge is 0.254 e. The molecule has 4 fully saturated rings. The van der Waals surface area contributed by atoms with Crippen LogP contribution >= 0.6 is 22.9 Å². The number of aryl methyl sites for hydroxylation is 1. The molecule has 3 nitrogen and oxygen atoms in total. The highest BCUT2D eigenvalue weighted by atomic mass is 35.5. The summed E-state index contributed by atoms with van der Waals surface area (Å²) in [7, 11) is 0. The molecule has 1 aromatic heterocycles. The Balaban J connectivity index is 1.56. The molecule has 1 heterocycles. The average Bonchev–Trinajstić information content (AvgIpc) is 3.05. The number of aromatic nitrogens is 1. The zero-order chi connectivity index (χ0) is 20.2. The van der Waals surface area contributed by atoms with Gasteiger partial charge in [0.25, 0.3) is 5.91 Å². The van der Waals surface area contributed by atoms with E-state index in [9.17, 15) is 4.79 Å². The predicted molar refractivity (Wildman–Crippen MR) is 119 cm³/mol. The van der Waals surface area contributed by atoms with Gasteiger partial charge in [-0.05, 0) is 87.3 Å². The molecule has 0 radical (unpaired) electrons. The number of hydrogen-bond acceptors (Lipinski definition) is 2. The monoisotopic (exact) mass is 428 g/mol. The van der Waals surface area contributed by atoms with Gasteiger partial charge in [-0.25, -0.2) is 0 Å². The van der Waals surface area contributed by atoms with Gasteiger partial charge in [-0.15, -0.1) is 11.3 Å². The van der Waals surface area contributed by atoms with Gasteiger partial charge in [0, 0.05) is 16.4 Å². The van der Waals surface area contributed by atoms with Crippen LogP contribution in [0.2, 0.25) is 5.02 Å². The average molecular weight is 429 g/mol. The van der Waals surface area contributed by atoms with Crippen molar-refractivity contribution in [3.63, 3.8) is 0 Å². The second-order valence-electron chi connectivity index (χ2n) is 9.38. The lowest BCUT2D eigenvalue weighted by molar-refractivity contribution is -0.142. The van der Waals surface area contributed by atoms with Gasteiger partial charge in [-0.3, -0.25) is 4.79 Å². The highest BCUT2D eigenvalue weighted by Gasteiger charge is 2.54. The van der Waals surface area contributed by atoms with Crippen molar-refractivity contribution in [2.24, 2.45) is 28.2 Å². The van der Waals surface area contributed by atoms with Gasteiger partial charge >= 0.3 is 0 Å². The fourth-order valence-corrected chi connectivity index (χ4v) is 7.85. The second kappa shape index (κ2) is 7.39. The summed E-state index contributed by atoms with van der Waals surface area (Å²) in [5.41, 5.74) is 2.17. The van der Waals surface area contributed by atoms with Gasteiger partial charge in [-0.1, -0.05) is 30.7 Å². The van der Waals surface area contributed by atoms with E-state index in [1.54, 1.807) is 11.3 Å². The van der Waals surface area contributed by atoms with Crippen molar-refractivity contribution in [2.45, 2.75) is 65.3 Å². The summed E-state index contributed by atoms with van der Waals surface area (Å²) >= 11 is 7.79. The molecule has 0 spiro atoms. The summed E-state index contributed by atoms with van der Waals surface area (Å²) in [6.07, 6.45) is 8.20. The first kappa shape index (κ1) is 19.6. The summed E-state index contributed by atoms with van der Waals surface area (Å²) in [6, 6.07) is 8.01. The van der Waals surface area contributed by atoms with Crippen molar-refractivity contribution in [3.05, 3.63) is 39.0 Å². The van der Waals surface area contributed by atoms with E-state index < -0.39 is 0 Å². The van der Waals surface area contributed by atoms with Crippen molar-refractivity contribution in [1.29, 1.82) is 0 Å². The van der Waals surface area contributed by atoms with Gasteiger partial charge in [0.15, 0.2) is 4.80 Å². The second-order valence-corrected chi connectivity index (χ2v) is 10.9. The number of hydrogen-bond donors (Lipinski definition) is 0. The minimum absolute atomic E-state index is 0.158. The maximum Gasteiger partial charge on any atom is 0.254 e. The largest absolute Gasteiger partial charge is 0.316 e. The molecule has 4 aliphatic rings. The zero-order valence-corrected chi connectivity index (χ0v) is 18.9. The Morgan fingerprint density at radius 1 is 1.10 bits per heavy atom. The highest BCUT2D eigenvalue weighted by Crippen LogP contribution is 2.60. The van der Waals surface area contributed by atoms with Crippen molar-refractivity contribution >= 4 is 28.8 Å². The van der Waals surface area contributed by atoms with Crippen LogP contribution in [0.5, 0.6) is 0 Å². The lowest BCUT2D eigenvalue weighted by atomic mass is 9.49. The van der Waals surface area contributed by atoms with Gasteiger partial charge < -0.3 is 4.57 Å². The fraction of sp³-hybridized carbons (Fsp3) is 0.583. The Morgan fingerprint density at radius 2 is 1.69 bits per heavy atom. The molecule has 4 saturated carbocycles. The minimum atomic E-state index is -0.170. The SMILES string of the molecule is CCc1sc(=NC(=O)C23CC4CC(CC(C4)C2)C3)n(CC)c1-c1ccc(Cl)cc1. The van der Waals surface area contributed by atoms with Crippen LogP contribution in [0.3, 0.4) is 0 Å². The number of carbonyl (C=O) groups excluding carboxylic acids is 1. The summed E-state index contributed by atoms with van der Waals surface area (Å²) in [4.78, 5) is 20.5. The molecule has 154 valence electrons. The Morgan fingerprint density at radius 3 is 2.21 bits per heavy atom. The van der Waals surface area contributed by atoms with E-state index in [2.05, 4.69) is 30.5 Å². The first-order chi connectivity index (χ1) is 14.0. The van der Waals surface area contributed by atoms with E-state index in [4.69, 9.17) is 16.6 Å². The van der Waals surface area contributed by atoms with E-state index in [0.29, 0.717) is 0 Å². The number of carbonyl (C=O) groups is 1. The molecule has 1 aromatic carbocycles. The standard InChI is InChI=1S/C24H29ClN2OS/c1-3-20-21(18-5-7-19(25)8-6-18)27(4-2)23(29-20)26-22(28)24-12-15-9-16(13-24)11-17(10-15)14-24/h5-8,15-17H,3-4,9-14H2,1-2H3. The van der Waals surface area contributed by atoms with E-state index in [-0.39, 0.29) is 11.3 Å². The molecule has 4 aliphatic carbocycles. The van der Waals surface area contributed by atoms with Crippen molar-refractivity contribution in [1.82, 2.24) is 4.57 Å². The molecule has 0 N–H and O–H groups in total. The minimum Gasteiger partial charge on any atom is -0.316 e. The third-order valence-corrected chi connectivity index (χ3v) is 8.90. The quantitative estimate of drug-likeness (QED) is 0.579. The van der Waals surface area contributed by atoms with E-state index >= 15 is 0 Å². The molecule has 29 heavy (non-hydrogen) atoms. The molecule has 0 unspecified atom stereocenters. The van der Waals surface area contributed by atoms with Crippen LogP contribution in [-0.2, 0) is 17.8 Å². The van der Waals surface area contributed by atoms with Crippen molar-refractivity contribution in [3.8, 4) is 11.3 Å². The molecule has 1 amide bonds. The Bertz CT molecular complexity index is 966. The number of rotatable bonds is 4. The van der Waals surface area contributed by atoms with Gasteiger partial charge in [-0.2, -0.15) is 4.99 Å². The Kier molecular flexibility index (Phi) is 4.98. The summed E-state index contributed by atoms with van der Waals surface area (Å²) in [5.74, 6) is 2.44. The van der Waals surface area contributed by atoms with E-state index in [1.807, 2.05) is 12.1 Å². The third kappa shape index (κ3) is 3.33. The first-order valence-electron chi connectivity index (χ1n) is 11.1. The molecule has 0 saturated heterocycles. The molecule has 0 atom stereocenters. The maximum absolute atomic E-state index is 13.5. The maximum atomic E-state index is 13.5. The van der Waals surface area contributed by atoms with Crippen molar-refractivity contribution in [2.75, 3.05) is 0 Å². The lowest BCUT2D eigenvalue weighted by Gasteiger charge is -2.55. The van der Waals surface area contributed by atoms with Gasteiger partial charge in [0.1, 0.15) is 0 Å². The highest BCUT2D eigenvalue weighted by molar-refractivity contribution is 7.09. The number of halogens is 1. The number of thiazole rings is 1. The van der Waals surface area contributed by atoms with Crippen LogP contribution in [0.15, 0.2) is 29.3 Å². The topological polar surface area (TPSA) is 34.4 Å². The van der Waals surface area contributed by atoms with Crippen LogP contribution in [-0.4, -0.2) is 10.5 Å². The Hall–Kier alpha value is -1.39. The van der Waals surface area contributed by atoms with Crippen molar-refractivity contribution < 1.29 is 4.79 Å². The van der Waals surface area contributed by atoms with Crippen LogP contribution in [0.1, 0.15) is 57.2 Å². The van der Waals surface area contributed by atoms with Gasteiger partial charge in [0.2, 0.25) is 0 Å². The van der Waals surface area contributed by atoms with Crippen LogP contribution in [0.25, 0.3) is 11.3 Å². The summed E-state index contributed by atoms with van der Waals surface area (Å²) in [6.45, 7) is 5.12. The van der Waals surface area contributed by atoms with Crippen LogP contribution in [0, 0.1) is 23.2 Å². The normalized spacial score (nSPS) is 30.9. The van der Waals surface area contributed by atoms with E-state index in [1.165, 1.54) is 29.8 Å². The molecule has 2 aromatic rings. The van der Waals surface area contributed by atoms with Crippen LogP contribution in [0.4, 0.5) is 0 Å². The molecule has 6 rings (SSSR count). The molecular weight excluding hydrogens is 400 g/mol. The first-order valence-corrected chi connectivity index (χ1v) is 12.3. The number of benzene rings is 1. The molecular formula is C24H29ClN2OS. The third-order valence-electron chi connectivity index (χ3n) is 7.42.